The number of ether oxygens (including phenoxy) is 2. The minimum absolute atomic E-state index is 0. The molecule has 2 saturated heterocycles. The van der Waals surface area contributed by atoms with E-state index in [9.17, 15) is 13.2 Å². The van der Waals surface area contributed by atoms with E-state index in [1.54, 1.807) is 6.07 Å². The number of guanidine groups is 1. The summed E-state index contributed by atoms with van der Waals surface area (Å²) in [6.07, 6.45) is -1.78. The molecule has 0 spiro atoms. The van der Waals surface area contributed by atoms with Gasteiger partial charge < -0.3 is 19.7 Å². The van der Waals surface area contributed by atoms with Gasteiger partial charge in [-0.3, -0.25) is 4.90 Å². The van der Waals surface area contributed by atoms with Crippen LogP contribution in [0, 0.1) is 0 Å². The second-order valence-electron chi connectivity index (χ2n) is 7.12. The molecule has 1 N–H and O–H groups in total. The molecule has 3 heterocycles. The second-order valence-corrected chi connectivity index (χ2v) is 7.12. The maximum absolute atomic E-state index is 12.2. The van der Waals surface area contributed by atoms with Gasteiger partial charge in [-0.15, -0.1) is 24.0 Å². The second kappa shape index (κ2) is 11.9. The van der Waals surface area contributed by atoms with Crippen LogP contribution < -0.4 is 10.1 Å². The van der Waals surface area contributed by atoms with Crippen LogP contribution in [0.2, 0.25) is 0 Å². The zero-order valence-corrected chi connectivity index (χ0v) is 19.4. The third-order valence-corrected chi connectivity index (χ3v) is 4.95. The van der Waals surface area contributed by atoms with Crippen LogP contribution in [0.4, 0.5) is 13.2 Å². The Kier molecular flexibility index (Phi) is 9.88. The number of likely N-dealkylation sites (tertiary alicyclic amines) is 1. The summed E-state index contributed by atoms with van der Waals surface area (Å²) in [5.41, 5.74) is 0.809. The van der Waals surface area contributed by atoms with E-state index in [1.165, 1.54) is 12.3 Å². The van der Waals surface area contributed by atoms with Crippen LogP contribution in [-0.4, -0.2) is 85.5 Å². The number of nitrogens with zero attached hydrogens (tertiary/aromatic N) is 4. The van der Waals surface area contributed by atoms with Gasteiger partial charge >= 0.3 is 6.18 Å². The molecule has 1 atom stereocenters. The van der Waals surface area contributed by atoms with Crippen molar-refractivity contribution in [2.45, 2.75) is 32.1 Å². The Morgan fingerprint density at radius 1 is 1.30 bits per heavy atom. The highest BCUT2D eigenvalue weighted by Crippen LogP contribution is 2.19. The molecule has 1 unspecified atom stereocenters. The lowest BCUT2D eigenvalue weighted by molar-refractivity contribution is -0.154. The zero-order chi connectivity index (χ0) is 20.7. The molecule has 1 aromatic rings. The summed E-state index contributed by atoms with van der Waals surface area (Å²) in [5.74, 6) is 0.801. The Hall–Kier alpha value is -1.34. The summed E-state index contributed by atoms with van der Waals surface area (Å²) in [4.78, 5) is 13.4. The van der Waals surface area contributed by atoms with Gasteiger partial charge in [0.25, 0.3) is 0 Å². The van der Waals surface area contributed by atoms with E-state index in [4.69, 9.17) is 4.74 Å². The lowest BCUT2D eigenvalue weighted by Gasteiger charge is -2.32. The molecule has 30 heavy (non-hydrogen) atoms. The largest absolute Gasteiger partial charge is 0.468 e. The Labute approximate surface area is 192 Å². The Bertz CT molecular complexity index is 669. The Morgan fingerprint density at radius 3 is 2.70 bits per heavy atom. The van der Waals surface area contributed by atoms with E-state index in [2.05, 4.69) is 29.8 Å². The number of morpholine rings is 1. The molecule has 2 fully saturated rings. The number of rotatable bonds is 6. The molecule has 0 bridgehead atoms. The van der Waals surface area contributed by atoms with E-state index in [-0.39, 0.29) is 29.9 Å². The number of hydrogen-bond acceptors (Lipinski definition) is 5. The first-order chi connectivity index (χ1) is 13.9. The molecule has 2 aliphatic rings. The quantitative estimate of drug-likeness (QED) is 0.338. The fraction of sp³-hybridized carbons (Fsp3) is 0.684. The van der Waals surface area contributed by atoms with Crippen molar-refractivity contribution in [3.8, 4) is 5.88 Å². The molecule has 0 saturated carbocycles. The van der Waals surface area contributed by atoms with Crippen LogP contribution in [0.25, 0.3) is 0 Å². The maximum Gasteiger partial charge on any atom is 0.422 e. The first-order valence-corrected chi connectivity index (χ1v) is 9.94. The van der Waals surface area contributed by atoms with E-state index < -0.39 is 12.8 Å². The average Bonchev–Trinajstić information content (AvgIpc) is 3.20. The smallest absolute Gasteiger partial charge is 0.422 e. The Morgan fingerprint density at radius 2 is 2.07 bits per heavy atom. The highest BCUT2D eigenvalue weighted by Gasteiger charge is 2.30. The van der Waals surface area contributed by atoms with Crippen molar-refractivity contribution in [1.29, 1.82) is 0 Å². The molecule has 0 aliphatic carbocycles. The predicted octanol–water partition coefficient (Wildman–Crippen LogP) is 2.51. The molecule has 1 aromatic heterocycles. The summed E-state index contributed by atoms with van der Waals surface area (Å²) in [7, 11) is 0. The summed E-state index contributed by atoms with van der Waals surface area (Å²) in [5, 5.41) is 3.33. The van der Waals surface area contributed by atoms with Gasteiger partial charge in [0.1, 0.15) is 0 Å². The molecule has 0 aromatic carbocycles. The predicted molar refractivity (Wildman–Crippen MR) is 118 cm³/mol. The van der Waals surface area contributed by atoms with Crippen LogP contribution in [0.15, 0.2) is 23.3 Å². The first-order valence-electron chi connectivity index (χ1n) is 9.94. The summed E-state index contributed by atoms with van der Waals surface area (Å²) in [6, 6.07) is 3.63. The van der Waals surface area contributed by atoms with E-state index >= 15 is 0 Å². The number of hydrogen-bond donors (Lipinski definition) is 1. The van der Waals surface area contributed by atoms with Gasteiger partial charge in [-0.05, 0) is 18.9 Å². The molecule has 7 nitrogen and oxygen atoms in total. The fourth-order valence-corrected chi connectivity index (χ4v) is 3.51. The lowest BCUT2D eigenvalue weighted by Crippen LogP contribution is -2.46. The minimum atomic E-state index is -4.37. The summed E-state index contributed by atoms with van der Waals surface area (Å²) < 4.78 is 46.7. The van der Waals surface area contributed by atoms with Crippen LogP contribution in [0.1, 0.15) is 18.9 Å². The number of pyridine rings is 1. The van der Waals surface area contributed by atoms with Crippen LogP contribution in [-0.2, 0) is 11.3 Å². The molecular formula is C19H29F3IN5O2. The van der Waals surface area contributed by atoms with Crippen molar-refractivity contribution in [3.05, 3.63) is 23.9 Å². The molecule has 170 valence electrons. The zero-order valence-electron chi connectivity index (χ0n) is 17.0. The van der Waals surface area contributed by atoms with E-state index in [1.807, 2.05) is 6.92 Å². The van der Waals surface area contributed by atoms with Crippen molar-refractivity contribution in [2.24, 2.45) is 4.99 Å². The summed E-state index contributed by atoms with van der Waals surface area (Å²) in [6.45, 7) is 7.24. The van der Waals surface area contributed by atoms with E-state index in [0.29, 0.717) is 12.6 Å². The van der Waals surface area contributed by atoms with Crippen molar-refractivity contribution in [2.75, 3.05) is 52.5 Å². The van der Waals surface area contributed by atoms with Crippen LogP contribution in [0.3, 0.4) is 0 Å². The monoisotopic (exact) mass is 543 g/mol. The van der Waals surface area contributed by atoms with Crippen molar-refractivity contribution in [1.82, 2.24) is 20.1 Å². The fourth-order valence-electron chi connectivity index (χ4n) is 3.51. The topological polar surface area (TPSA) is 62.2 Å². The first kappa shape index (κ1) is 24.9. The molecule has 3 rings (SSSR count). The number of halogens is 4. The van der Waals surface area contributed by atoms with Crippen LogP contribution in [0.5, 0.6) is 5.88 Å². The SMILES string of the molecule is CCNC(=NCc1ccc(OCC(F)(F)F)nc1)N1CCC(N2CCOCC2)C1.I. The van der Waals surface area contributed by atoms with Gasteiger partial charge in [0.15, 0.2) is 12.6 Å². The number of aliphatic imine (C=N–C) groups is 1. The highest BCUT2D eigenvalue weighted by molar-refractivity contribution is 14.0. The van der Waals surface area contributed by atoms with Gasteiger partial charge in [0.2, 0.25) is 5.88 Å². The molecule has 11 heteroatoms. The van der Waals surface area contributed by atoms with Gasteiger partial charge in [-0.25, -0.2) is 9.98 Å². The third-order valence-electron chi connectivity index (χ3n) is 4.95. The van der Waals surface area contributed by atoms with Crippen molar-refractivity contribution in [3.63, 3.8) is 0 Å². The van der Waals surface area contributed by atoms with Gasteiger partial charge in [-0.1, -0.05) is 6.07 Å². The molecular weight excluding hydrogens is 514 g/mol. The minimum Gasteiger partial charge on any atom is -0.468 e. The highest BCUT2D eigenvalue weighted by atomic mass is 127. The molecule has 2 aliphatic heterocycles. The molecule has 0 amide bonds. The van der Waals surface area contributed by atoms with Crippen molar-refractivity contribution < 1.29 is 22.6 Å². The number of aromatic nitrogens is 1. The number of alkyl halides is 3. The standard InChI is InChI=1S/C19H28F3N5O2.HI/c1-2-23-18(27-6-5-16(13-27)26-7-9-28-10-8-26)25-12-15-3-4-17(24-11-15)29-14-19(20,21)22;/h3-4,11,16H,2,5-10,12-14H2,1H3,(H,23,25);1H. The average molecular weight is 543 g/mol. The summed E-state index contributed by atoms with van der Waals surface area (Å²) >= 11 is 0. The van der Waals surface area contributed by atoms with Gasteiger partial charge in [0, 0.05) is 51.0 Å². The Balaban J connectivity index is 0.00000320. The molecule has 0 radical (unpaired) electrons. The van der Waals surface area contributed by atoms with Crippen molar-refractivity contribution >= 4 is 29.9 Å². The third kappa shape index (κ3) is 7.73. The van der Waals surface area contributed by atoms with Crippen LogP contribution >= 0.6 is 24.0 Å². The van der Waals surface area contributed by atoms with Gasteiger partial charge in [-0.2, -0.15) is 13.2 Å². The normalized spacial score (nSPS) is 20.7. The lowest BCUT2D eigenvalue weighted by atomic mass is 10.2. The number of nitrogens with one attached hydrogen (secondary N) is 1. The maximum atomic E-state index is 12.2. The van der Waals surface area contributed by atoms with E-state index in [0.717, 1.165) is 63.9 Å². The van der Waals surface area contributed by atoms with Gasteiger partial charge in [0.05, 0.1) is 19.8 Å².